The molecule has 12 rings (SSSR count). The molecule has 2 amide bonds. The molecule has 5 aromatic heterocycles. The number of carbonyl (C=O) groups excluding carboxylic acids is 2. The number of nitrogens with two attached hydrogens (primary N) is 1. The summed E-state index contributed by atoms with van der Waals surface area (Å²) in [5.74, 6) is -2.21. The molecule has 0 spiro atoms. The standard InChI is InChI=1S/C30H34F4N8O2.C24H22ClF4N5O2.C7H12FN/c1-4-21(43)41-12-7-18(15-41)40(3)27-19-14-36-26(25-22(30(32,33)34)17(2)13-20(35)37-25)23(31)24(19)38-28(39-27)44-16-29-8-5-10-42(29)11-6-9-29;1-5-17(35)34-10-9-16(12(34)2)33(3)22-14-11-30-20(19(26)21(14)31-23(32-22)36-4)13-7-6-8-15(25)18(13)24(27,28)29;8-6-4-7-2-1-3-9(7)5-6/h4,13-14,18H,1,5-12,15-16H2,2-3H3,(H2,35,37);5-8,11-12,16H,1,9-10H2,2-4H3;6-7H,1-5H2. The van der Waals surface area contributed by atoms with Gasteiger partial charge in [0.25, 0.3) is 0 Å². The number of ether oxygens (including phenoxy) is 2. The van der Waals surface area contributed by atoms with E-state index in [1.54, 1.807) is 28.8 Å². The van der Waals surface area contributed by atoms with Crippen LogP contribution in [0.1, 0.15) is 81.4 Å². The van der Waals surface area contributed by atoms with Gasteiger partial charge in [0.15, 0.2) is 11.6 Å². The Morgan fingerprint density at radius 1 is 0.787 bits per heavy atom. The van der Waals surface area contributed by atoms with Gasteiger partial charge in [-0.15, -0.1) is 0 Å². The van der Waals surface area contributed by atoms with Gasteiger partial charge < -0.3 is 34.8 Å². The predicted octanol–water partition coefficient (Wildman–Crippen LogP) is 10.7. The van der Waals surface area contributed by atoms with Crippen LogP contribution >= 0.6 is 11.6 Å². The minimum atomic E-state index is -4.83. The Hall–Kier alpha value is -7.65. The van der Waals surface area contributed by atoms with Crippen molar-refractivity contribution in [1.29, 1.82) is 0 Å². The van der Waals surface area contributed by atoms with Crippen molar-refractivity contribution in [2.75, 3.05) is 89.2 Å². The maximum Gasteiger partial charge on any atom is 0.418 e. The van der Waals surface area contributed by atoms with Crippen molar-refractivity contribution in [2.24, 2.45) is 0 Å². The molecule has 5 atom stereocenters. The molecular weight excluding hydrogens is 1200 g/mol. The van der Waals surface area contributed by atoms with E-state index in [4.69, 9.17) is 26.8 Å². The van der Waals surface area contributed by atoms with Gasteiger partial charge in [-0.2, -0.15) is 46.3 Å². The minimum Gasteiger partial charge on any atom is -0.467 e. The molecule has 6 aromatic rings. The third-order valence-corrected chi connectivity index (χ3v) is 18.4. The topological polar surface area (TPSA) is 188 Å². The fourth-order valence-corrected chi connectivity index (χ4v) is 13.9. The number of rotatable bonds is 12. The number of nitrogen functional groups attached to an aromatic ring is 1. The number of aryl methyl sites for hydroxylation is 1. The maximum atomic E-state index is 16.4. The number of fused-ring (bicyclic) bond motifs is 4. The van der Waals surface area contributed by atoms with E-state index in [9.17, 15) is 40.3 Å². The first-order valence-electron chi connectivity index (χ1n) is 29.3. The summed E-state index contributed by atoms with van der Waals surface area (Å²) >= 11 is 5.82. The highest BCUT2D eigenvalue weighted by Gasteiger charge is 2.46. The van der Waals surface area contributed by atoms with E-state index in [2.05, 4.69) is 57.8 Å². The molecule has 5 unspecified atom stereocenters. The van der Waals surface area contributed by atoms with Crippen molar-refractivity contribution in [3.8, 4) is 34.7 Å². The van der Waals surface area contributed by atoms with Crippen molar-refractivity contribution in [1.82, 2.24) is 54.5 Å². The number of benzene rings is 1. The number of likely N-dealkylation sites (tertiary alicyclic amines) is 2. The second-order valence-corrected chi connectivity index (χ2v) is 23.7. The number of nitrogens with zero attached hydrogens (tertiary/aromatic N) is 13. The van der Waals surface area contributed by atoms with Gasteiger partial charge in [-0.05, 0) is 121 Å². The Morgan fingerprint density at radius 2 is 1.42 bits per heavy atom. The average molecular weight is 1270 g/mol. The Bertz CT molecular complexity index is 3670. The van der Waals surface area contributed by atoms with Crippen LogP contribution in [0.3, 0.4) is 0 Å². The van der Waals surface area contributed by atoms with Crippen molar-refractivity contribution in [3.63, 3.8) is 0 Å². The Labute approximate surface area is 512 Å². The Kier molecular flexibility index (Phi) is 18.6. The van der Waals surface area contributed by atoms with Gasteiger partial charge in [-0.3, -0.25) is 29.4 Å². The van der Waals surface area contributed by atoms with E-state index in [0.717, 1.165) is 69.9 Å². The Morgan fingerprint density at radius 3 is 2.06 bits per heavy atom. The predicted molar refractivity (Wildman–Crippen MR) is 318 cm³/mol. The van der Waals surface area contributed by atoms with Crippen molar-refractivity contribution < 1.29 is 58.6 Å². The summed E-state index contributed by atoms with van der Waals surface area (Å²) in [7, 11) is 4.80. The van der Waals surface area contributed by atoms with Gasteiger partial charge in [0, 0.05) is 76.4 Å². The first kappa shape index (κ1) is 64.3. The van der Waals surface area contributed by atoms with Crippen LogP contribution in [0.4, 0.5) is 57.0 Å². The summed E-state index contributed by atoms with van der Waals surface area (Å²) in [4.78, 5) is 65.5. The molecule has 28 heteroatoms. The third-order valence-electron chi connectivity index (χ3n) is 18.0. The summed E-state index contributed by atoms with van der Waals surface area (Å²) in [5.41, 5.74) is 0.217. The largest absolute Gasteiger partial charge is 0.467 e. The number of halogens is 10. The third kappa shape index (κ3) is 12.8. The number of carbonyl (C=O) groups is 2. The van der Waals surface area contributed by atoms with E-state index in [1.807, 2.05) is 11.8 Å². The monoisotopic (exact) mass is 1270 g/mol. The number of likely N-dealkylation sites (N-methyl/N-ethyl adjacent to an activating group) is 2. The number of methoxy groups -OCH3 is 1. The number of aromatic nitrogens is 7. The number of pyridine rings is 3. The minimum absolute atomic E-state index is 0.0895. The van der Waals surface area contributed by atoms with E-state index in [-0.39, 0.29) is 86.5 Å². The average Bonchev–Trinajstić information content (AvgIpc) is 1.85. The highest BCUT2D eigenvalue weighted by atomic mass is 35.5. The van der Waals surface area contributed by atoms with Crippen LogP contribution in [0.2, 0.25) is 5.02 Å². The molecule has 6 saturated heterocycles. The summed E-state index contributed by atoms with van der Waals surface area (Å²) in [6.45, 7) is 15.7. The fourth-order valence-electron chi connectivity index (χ4n) is 13.6. The zero-order chi connectivity index (χ0) is 64.0. The number of anilines is 3. The molecule has 1 aromatic carbocycles. The van der Waals surface area contributed by atoms with Gasteiger partial charge in [0.2, 0.25) is 11.8 Å². The molecule has 0 radical (unpaired) electrons. The summed E-state index contributed by atoms with van der Waals surface area (Å²) in [6.07, 6.45) is 3.38. The summed E-state index contributed by atoms with van der Waals surface area (Å²) < 4.78 is 140. The Balaban J connectivity index is 0.000000174. The number of hydrogen-bond donors (Lipinski definition) is 1. The zero-order valence-electron chi connectivity index (χ0n) is 49.7. The zero-order valence-corrected chi connectivity index (χ0v) is 50.5. The molecule has 0 aliphatic carbocycles. The first-order chi connectivity index (χ1) is 42.3. The van der Waals surface area contributed by atoms with E-state index >= 15 is 8.78 Å². The molecule has 6 aliphatic heterocycles. The van der Waals surface area contributed by atoms with E-state index in [1.165, 1.54) is 57.5 Å². The lowest BCUT2D eigenvalue weighted by Gasteiger charge is -2.31. The maximum absolute atomic E-state index is 16.4. The highest BCUT2D eigenvalue weighted by Crippen LogP contribution is 2.45. The second-order valence-electron chi connectivity index (χ2n) is 23.3. The first-order valence-corrected chi connectivity index (χ1v) is 29.7. The SMILES string of the molecule is C=CC(=O)N1CCC(N(C)c2nc(OC)nc3c(F)c(-c4cccc(Cl)c4C(F)(F)F)ncc23)C1C.C=CC(=O)N1CCC(N(C)c2nc(OCC34CCCN3CCC4)nc3c(F)c(-c4nc(N)cc(C)c4C(F)(F)F)ncc23)C1.FC1CC2CCCN2C1. The number of alkyl halides is 7. The number of amides is 2. The van der Waals surface area contributed by atoms with Crippen molar-refractivity contribution in [2.45, 2.75) is 120 Å². The van der Waals surface area contributed by atoms with Crippen LogP contribution in [-0.2, 0) is 21.9 Å². The van der Waals surface area contributed by atoms with Gasteiger partial charge in [0.05, 0.1) is 45.6 Å². The number of hydrogen-bond acceptors (Lipinski definition) is 16. The molecule has 11 heterocycles. The molecule has 476 valence electrons. The fraction of sp³-hybridized carbons (Fsp3) is 0.492. The van der Waals surface area contributed by atoms with Crippen LogP contribution in [0.25, 0.3) is 44.5 Å². The summed E-state index contributed by atoms with van der Waals surface area (Å²) in [6, 6.07) is 4.32. The molecular formula is C61H68ClF9N14O4. The van der Waals surface area contributed by atoms with Crippen molar-refractivity contribution in [3.05, 3.63) is 95.3 Å². The van der Waals surface area contributed by atoms with Crippen molar-refractivity contribution >= 4 is 62.7 Å². The highest BCUT2D eigenvalue weighted by molar-refractivity contribution is 6.31. The molecule has 18 nitrogen and oxygen atoms in total. The molecule has 6 fully saturated rings. The van der Waals surface area contributed by atoms with E-state index < -0.39 is 69.0 Å². The normalized spacial score (nSPS) is 21.5. The smallest absolute Gasteiger partial charge is 0.418 e. The quantitative estimate of drug-likeness (QED) is 0.0899. The molecule has 0 bridgehead atoms. The summed E-state index contributed by atoms with van der Waals surface area (Å²) in [5, 5.41) is -0.211. The molecule has 89 heavy (non-hydrogen) atoms. The second kappa shape index (κ2) is 25.7. The van der Waals surface area contributed by atoms with Gasteiger partial charge in [-0.1, -0.05) is 36.9 Å². The molecule has 0 saturated carbocycles. The molecule has 6 aliphatic rings. The van der Waals surface area contributed by atoms with Crippen LogP contribution in [0.15, 0.2) is 62.0 Å². The van der Waals surface area contributed by atoms with Crippen LogP contribution in [0.5, 0.6) is 12.0 Å². The van der Waals surface area contributed by atoms with E-state index in [0.29, 0.717) is 57.5 Å². The molecule has 2 N–H and O–H groups in total. The lowest BCUT2D eigenvalue weighted by atomic mass is 9.95. The van der Waals surface area contributed by atoms with Crippen LogP contribution in [-0.4, -0.2) is 176 Å². The van der Waals surface area contributed by atoms with Crippen LogP contribution in [0, 0.1) is 18.6 Å². The van der Waals surface area contributed by atoms with Gasteiger partial charge in [-0.25, -0.2) is 18.2 Å². The van der Waals surface area contributed by atoms with Gasteiger partial charge >= 0.3 is 24.4 Å². The lowest BCUT2D eigenvalue weighted by Crippen LogP contribution is -2.43. The van der Waals surface area contributed by atoms with Crippen LogP contribution < -0.4 is 25.0 Å². The lowest BCUT2D eigenvalue weighted by molar-refractivity contribution is -0.138. The van der Waals surface area contributed by atoms with Gasteiger partial charge in [0.1, 0.15) is 58.3 Å².